The maximum Gasteiger partial charge on any atom is 0.0715 e. The molecule has 60 heavy (non-hydrogen) atoms. The molecular weight excluding hydrogens is 725 g/mol. The van der Waals surface area contributed by atoms with Crippen molar-refractivity contribution in [3.05, 3.63) is 264 Å². The summed E-state index contributed by atoms with van der Waals surface area (Å²) in [5.74, 6) is 0. The van der Waals surface area contributed by atoms with Crippen molar-refractivity contribution in [3.8, 4) is 22.3 Å². The highest BCUT2D eigenvalue weighted by molar-refractivity contribution is 6.00. The maximum absolute atomic E-state index is 2.54. The topological polar surface area (TPSA) is 6.48 Å². The Kier molecular flexibility index (Phi) is 8.42. The van der Waals surface area contributed by atoms with E-state index in [2.05, 4.69) is 254 Å². The minimum atomic E-state index is -0.657. The first-order valence-electron chi connectivity index (χ1n) is 20.9. The Labute approximate surface area is 353 Å². The predicted molar refractivity (Wildman–Crippen MR) is 251 cm³/mol. The van der Waals surface area contributed by atoms with Gasteiger partial charge in [-0.3, -0.25) is 0 Å². The van der Waals surface area contributed by atoms with Gasteiger partial charge in [0, 0.05) is 39.4 Å². The standard InChI is InChI=1S/C58H44N2/c1-57(2)51-34-20-18-32-48(51)49-37-36-42(38-53(49)57)58(41-22-8-3-9-23-41)52-35-21-19-33-50(52)56-54(58)39-47(59(43-24-10-4-11-25-43)44-26-12-5-13-27-44)40-55(56)60(45-28-14-6-15-29-45)46-30-16-7-17-31-46/h3-40H,1-2H3. The van der Waals surface area contributed by atoms with E-state index in [4.69, 9.17) is 0 Å². The SMILES string of the molecule is CC1(C)c2ccccc2-c2ccc(C3(c4ccccc4)c4ccccc4-c4c(N(c5ccccc5)c5ccccc5)cc(N(c5ccccc5)c5ccccc5)cc43)cc21. The van der Waals surface area contributed by atoms with Crippen molar-refractivity contribution in [2.24, 2.45) is 0 Å². The molecule has 0 spiro atoms. The molecule has 0 bridgehead atoms. The molecule has 0 aromatic heterocycles. The van der Waals surface area contributed by atoms with Gasteiger partial charge < -0.3 is 9.80 Å². The maximum atomic E-state index is 2.54. The van der Waals surface area contributed by atoms with E-state index in [9.17, 15) is 0 Å². The normalized spacial score (nSPS) is 15.4. The molecule has 0 fully saturated rings. The lowest BCUT2D eigenvalue weighted by atomic mass is 9.66. The van der Waals surface area contributed by atoms with Gasteiger partial charge in [0.2, 0.25) is 0 Å². The highest BCUT2D eigenvalue weighted by Gasteiger charge is 2.49. The van der Waals surface area contributed by atoms with E-state index in [1.165, 1.54) is 55.6 Å². The van der Waals surface area contributed by atoms with Gasteiger partial charge in [0.15, 0.2) is 0 Å². The highest BCUT2D eigenvalue weighted by atomic mass is 15.2. The molecule has 0 saturated heterocycles. The summed E-state index contributed by atoms with van der Waals surface area (Å²) in [6.45, 7) is 4.77. The van der Waals surface area contributed by atoms with Gasteiger partial charge in [0.05, 0.1) is 11.1 Å². The Morgan fingerprint density at radius 1 is 0.300 bits per heavy atom. The van der Waals surface area contributed by atoms with Crippen molar-refractivity contribution < 1.29 is 0 Å². The van der Waals surface area contributed by atoms with Crippen molar-refractivity contribution in [1.29, 1.82) is 0 Å². The van der Waals surface area contributed by atoms with Gasteiger partial charge in [-0.1, -0.05) is 184 Å². The molecule has 2 aliphatic rings. The van der Waals surface area contributed by atoms with E-state index < -0.39 is 5.41 Å². The molecule has 0 saturated carbocycles. The van der Waals surface area contributed by atoms with Crippen molar-refractivity contribution in [2.45, 2.75) is 24.7 Å². The lowest BCUT2D eigenvalue weighted by molar-refractivity contribution is 0.655. The number of benzene rings is 9. The second-order valence-corrected chi connectivity index (χ2v) is 16.5. The van der Waals surface area contributed by atoms with Gasteiger partial charge in [-0.05, 0) is 111 Å². The molecule has 286 valence electrons. The summed E-state index contributed by atoms with van der Waals surface area (Å²) < 4.78 is 0. The number of rotatable bonds is 8. The first kappa shape index (κ1) is 35.7. The van der Waals surface area contributed by atoms with Gasteiger partial charge in [-0.15, -0.1) is 0 Å². The Bertz CT molecular complexity index is 2920. The third-order valence-electron chi connectivity index (χ3n) is 12.9. The van der Waals surface area contributed by atoms with Crippen LogP contribution in [0.2, 0.25) is 0 Å². The van der Waals surface area contributed by atoms with Crippen molar-refractivity contribution in [1.82, 2.24) is 0 Å². The molecule has 2 aliphatic carbocycles. The number of para-hydroxylation sites is 4. The molecule has 0 aliphatic heterocycles. The molecule has 9 aromatic rings. The molecule has 1 unspecified atom stereocenters. The monoisotopic (exact) mass is 768 g/mol. The molecule has 0 heterocycles. The second-order valence-electron chi connectivity index (χ2n) is 16.5. The second kappa shape index (κ2) is 14.1. The van der Waals surface area contributed by atoms with Crippen molar-refractivity contribution >= 4 is 34.1 Å². The van der Waals surface area contributed by atoms with Crippen LogP contribution in [0.15, 0.2) is 231 Å². The number of anilines is 6. The molecule has 2 nitrogen and oxygen atoms in total. The number of hydrogen-bond acceptors (Lipinski definition) is 2. The molecular formula is C58H44N2. The lowest BCUT2D eigenvalue weighted by Gasteiger charge is -2.37. The van der Waals surface area contributed by atoms with Gasteiger partial charge in [0.25, 0.3) is 0 Å². The zero-order chi connectivity index (χ0) is 40.3. The summed E-state index contributed by atoms with van der Waals surface area (Å²) in [7, 11) is 0. The quantitative estimate of drug-likeness (QED) is 0.152. The smallest absolute Gasteiger partial charge is 0.0715 e. The molecule has 0 radical (unpaired) electrons. The van der Waals surface area contributed by atoms with Crippen LogP contribution in [0.4, 0.5) is 34.1 Å². The fraction of sp³-hybridized carbons (Fsp3) is 0.0690. The highest BCUT2D eigenvalue weighted by Crippen LogP contribution is 2.62. The van der Waals surface area contributed by atoms with Crippen LogP contribution >= 0.6 is 0 Å². The Balaban J connectivity index is 1.30. The fourth-order valence-corrected chi connectivity index (χ4v) is 10.3. The zero-order valence-corrected chi connectivity index (χ0v) is 33.8. The first-order valence-corrected chi connectivity index (χ1v) is 20.9. The first-order chi connectivity index (χ1) is 29.5. The Morgan fingerprint density at radius 3 is 1.32 bits per heavy atom. The van der Waals surface area contributed by atoms with E-state index in [-0.39, 0.29) is 5.41 Å². The number of fused-ring (bicyclic) bond motifs is 6. The summed E-state index contributed by atoms with van der Waals surface area (Å²) in [6.07, 6.45) is 0. The average Bonchev–Trinajstić information content (AvgIpc) is 3.74. The predicted octanol–water partition coefficient (Wildman–Crippen LogP) is 15.3. The summed E-state index contributed by atoms with van der Waals surface area (Å²) in [6, 6.07) is 84.8. The van der Waals surface area contributed by atoms with Crippen LogP contribution < -0.4 is 9.80 Å². The summed E-state index contributed by atoms with van der Waals surface area (Å²) in [4.78, 5) is 4.87. The van der Waals surface area contributed by atoms with Crippen molar-refractivity contribution in [2.75, 3.05) is 9.80 Å². The van der Waals surface area contributed by atoms with E-state index in [0.29, 0.717) is 0 Å². The third-order valence-corrected chi connectivity index (χ3v) is 12.9. The van der Waals surface area contributed by atoms with Crippen LogP contribution in [0, 0.1) is 0 Å². The van der Waals surface area contributed by atoms with Crippen LogP contribution in [0.5, 0.6) is 0 Å². The van der Waals surface area contributed by atoms with Gasteiger partial charge in [-0.2, -0.15) is 0 Å². The minimum Gasteiger partial charge on any atom is -0.310 e. The molecule has 0 amide bonds. The molecule has 0 N–H and O–H groups in total. The van der Waals surface area contributed by atoms with Gasteiger partial charge in [0.1, 0.15) is 0 Å². The largest absolute Gasteiger partial charge is 0.310 e. The van der Waals surface area contributed by atoms with E-state index in [0.717, 1.165) is 34.1 Å². The van der Waals surface area contributed by atoms with Crippen LogP contribution in [-0.2, 0) is 10.8 Å². The lowest BCUT2D eigenvalue weighted by Crippen LogP contribution is -2.29. The van der Waals surface area contributed by atoms with Crippen LogP contribution in [0.3, 0.4) is 0 Å². The van der Waals surface area contributed by atoms with E-state index in [1.807, 2.05) is 0 Å². The summed E-state index contributed by atoms with van der Waals surface area (Å²) in [5, 5.41) is 0. The van der Waals surface area contributed by atoms with Crippen LogP contribution in [-0.4, -0.2) is 0 Å². The Morgan fingerprint density at radius 2 is 0.750 bits per heavy atom. The zero-order valence-electron chi connectivity index (χ0n) is 33.8. The molecule has 9 aromatic carbocycles. The molecule has 2 heteroatoms. The average molecular weight is 769 g/mol. The molecule has 1 atom stereocenters. The fourth-order valence-electron chi connectivity index (χ4n) is 10.3. The van der Waals surface area contributed by atoms with Gasteiger partial charge >= 0.3 is 0 Å². The molecule has 11 rings (SSSR count). The van der Waals surface area contributed by atoms with E-state index >= 15 is 0 Å². The third kappa shape index (κ3) is 5.41. The van der Waals surface area contributed by atoms with Crippen LogP contribution in [0.1, 0.15) is 47.2 Å². The Hall–Kier alpha value is -7.42. The number of nitrogens with zero attached hydrogens (tertiary/aromatic N) is 2. The van der Waals surface area contributed by atoms with Gasteiger partial charge in [-0.25, -0.2) is 0 Å². The number of hydrogen-bond donors (Lipinski definition) is 0. The van der Waals surface area contributed by atoms with Crippen molar-refractivity contribution in [3.63, 3.8) is 0 Å². The minimum absolute atomic E-state index is 0.164. The van der Waals surface area contributed by atoms with E-state index in [1.54, 1.807) is 0 Å². The van der Waals surface area contributed by atoms with Crippen LogP contribution in [0.25, 0.3) is 22.3 Å². The summed E-state index contributed by atoms with van der Waals surface area (Å²) in [5.41, 5.74) is 18.7. The summed E-state index contributed by atoms with van der Waals surface area (Å²) >= 11 is 0.